The van der Waals surface area contributed by atoms with Crippen LogP contribution in [0.1, 0.15) is 12.5 Å². The molecule has 6 nitrogen and oxygen atoms in total. The second kappa shape index (κ2) is 4.41. The van der Waals surface area contributed by atoms with Gasteiger partial charge in [0, 0.05) is 32.1 Å². The topological polar surface area (TPSA) is 85.0 Å². The number of rotatable bonds is 4. The fourth-order valence-electron chi connectivity index (χ4n) is 1.49. The van der Waals surface area contributed by atoms with Gasteiger partial charge in [-0.2, -0.15) is 5.10 Å². The molecule has 0 atom stereocenters. The molecule has 1 fully saturated rings. The molecule has 6 heteroatoms. The molecule has 0 bridgehead atoms. The molecule has 0 unspecified atom stereocenters. The van der Waals surface area contributed by atoms with E-state index in [2.05, 4.69) is 15.7 Å². The summed E-state index contributed by atoms with van der Waals surface area (Å²) in [4.78, 5) is 11.3. The van der Waals surface area contributed by atoms with E-state index in [-0.39, 0.29) is 5.91 Å². The fraction of sp³-hybridized carbons (Fsp3) is 0.556. The number of amides is 1. The predicted octanol–water partition coefficient (Wildman–Crippen LogP) is -0.685. The molecule has 1 aliphatic rings. The van der Waals surface area contributed by atoms with Crippen molar-refractivity contribution in [1.82, 2.24) is 15.1 Å². The van der Waals surface area contributed by atoms with Crippen molar-refractivity contribution >= 4 is 11.7 Å². The van der Waals surface area contributed by atoms with Gasteiger partial charge in [-0.15, -0.1) is 0 Å². The normalized spacial score (nSPS) is 16.1. The van der Waals surface area contributed by atoms with Crippen LogP contribution in [0.2, 0.25) is 0 Å². The molecule has 0 aliphatic carbocycles. The largest absolute Gasteiger partial charge is 0.330 e. The summed E-state index contributed by atoms with van der Waals surface area (Å²) in [6, 6.07) is 2.15. The molecule has 0 spiro atoms. The van der Waals surface area contributed by atoms with E-state index < -0.39 is 0 Å². The van der Waals surface area contributed by atoms with Gasteiger partial charge in [-0.25, -0.2) is 4.68 Å². The third-order valence-electron chi connectivity index (χ3n) is 2.41. The van der Waals surface area contributed by atoms with Crippen molar-refractivity contribution in [3.63, 3.8) is 0 Å². The van der Waals surface area contributed by atoms with Crippen LogP contribution < -0.4 is 16.4 Å². The lowest BCUT2D eigenvalue weighted by Crippen LogP contribution is -2.44. The van der Waals surface area contributed by atoms with Crippen LogP contribution in [-0.2, 0) is 4.79 Å². The van der Waals surface area contributed by atoms with Crippen molar-refractivity contribution in [3.8, 4) is 0 Å². The fourth-order valence-corrected chi connectivity index (χ4v) is 1.49. The van der Waals surface area contributed by atoms with Gasteiger partial charge in [0.25, 0.3) is 0 Å². The van der Waals surface area contributed by atoms with Gasteiger partial charge in [-0.05, 0) is 0 Å². The summed E-state index contributed by atoms with van der Waals surface area (Å²) in [7, 11) is 0. The van der Waals surface area contributed by atoms with Crippen LogP contribution in [0.5, 0.6) is 0 Å². The molecule has 4 N–H and O–H groups in total. The van der Waals surface area contributed by atoms with Crippen LogP contribution in [0.4, 0.5) is 5.82 Å². The van der Waals surface area contributed by atoms with Crippen molar-refractivity contribution in [2.75, 3.05) is 25.0 Å². The minimum absolute atomic E-state index is 0.0634. The Hall–Kier alpha value is -1.40. The van der Waals surface area contributed by atoms with E-state index >= 15 is 0 Å². The number of carbonyl (C=O) groups is 1. The van der Waals surface area contributed by atoms with Crippen LogP contribution in [-0.4, -0.2) is 35.3 Å². The second-order valence-electron chi connectivity index (χ2n) is 3.56. The number of hydrogen-bond donors (Lipinski definition) is 3. The van der Waals surface area contributed by atoms with Gasteiger partial charge < -0.3 is 16.4 Å². The third-order valence-corrected chi connectivity index (χ3v) is 2.41. The van der Waals surface area contributed by atoms with Crippen molar-refractivity contribution < 1.29 is 4.79 Å². The van der Waals surface area contributed by atoms with Crippen LogP contribution in [0, 0.1) is 0 Å². The average Bonchev–Trinajstić information content (AvgIpc) is 2.51. The molecule has 2 heterocycles. The van der Waals surface area contributed by atoms with E-state index in [4.69, 9.17) is 5.73 Å². The molecular weight excluding hydrogens is 194 g/mol. The monoisotopic (exact) mass is 209 g/mol. The molecule has 0 saturated carbocycles. The summed E-state index contributed by atoms with van der Waals surface area (Å²) in [6.45, 7) is 2.17. The predicted molar refractivity (Wildman–Crippen MR) is 56.4 cm³/mol. The van der Waals surface area contributed by atoms with Gasteiger partial charge in [-0.3, -0.25) is 4.79 Å². The van der Waals surface area contributed by atoms with Crippen molar-refractivity contribution in [3.05, 3.63) is 12.3 Å². The molecule has 2 rings (SSSR count). The molecule has 0 aromatic carbocycles. The van der Waals surface area contributed by atoms with Gasteiger partial charge in [-0.1, -0.05) is 0 Å². The summed E-state index contributed by atoms with van der Waals surface area (Å²) >= 11 is 0. The summed E-state index contributed by atoms with van der Waals surface area (Å²) in [5.74, 6) is 0.687. The lowest BCUT2D eigenvalue weighted by molar-refractivity contribution is -0.116. The van der Waals surface area contributed by atoms with Gasteiger partial charge in [0.2, 0.25) is 5.91 Å². The molecule has 82 valence electrons. The highest BCUT2D eigenvalue weighted by molar-refractivity contribution is 5.89. The second-order valence-corrected chi connectivity index (χ2v) is 3.56. The van der Waals surface area contributed by atoms with Gasteiger partial charge in [0.1, 0.15) is 5.82 Å². The summed E-state index contributed by atoms with van der Waals surface area (Å²) in [6.07, 6.45) is 2.03. The zero-order valence-electron chi connectivity index (χ0n) is 8.44. The maximum atomic E-state index is 11.3. The molecular formula is C9H15N5O. The quantitative estimate of drug-likeness (QED) is 0.613. The van der Waals surface area contributed by atoms with Crippen LogP contribution in [0.25, 0.3) is 0 Å². The number of anilines is 1. The van der Waals surface area contributed by atoms with Gasteiger partial charge in [0.15, 0.2) is 0 Å². The SMILES string of the molecule is NCCC(=O)Nc1ccnn1C1CNC1. The number of nitrogens with zero attached hydrogens (tertiary/aromatic N) is 2. The van der Waals surface area contributed by atoms with Crippen LogP contribution in [0.15, 0.2) is 12.3 Å². The highest BCUT2D eigenvalue weighted by Crippen LogP contribution is 2.17. The Morgan fingerprint density at radius 3 is 3.13 bits per heavy atom. The maximum absolute atomic E-state index is 11.3. The van der Waals surface area contributed by atoms with E-state index in [1.165, 1.54) is 0 Å². The molecule has 1 aliphatic heterocycles. The summed E-state index contributed by atoms with van der Waals surface area (Å²) in [5.41, 5.74) is 5.30. The number of carbonyl (C=O) groups excluding carboxylic acids is 1. The zero-order chi connectivity index (χ0) is 10.7. The maximum Gasteiger partial charge on any atom is 0.226 e. The van der Waals surface area contributed by atoms with Crippen molar-refractivity contribution in [2.24, 2.45) is 5.73 Å². The van der Waals surface area contributed by atoms with E-state index in [0.717, 1.165) is 18.9 Å². The first kappa shape index (κ1) is 10.1. The Bertz CT molecular complexity index is 344. The Kier molecular flexibility index (Phi) is 2.98. The van der Waals surface area contributed by atoms with Gasteiger partial charge in [0.05, 0.1) is 12.2 Å². The minimum Gasteiger partial charge on any atom is -0.330 e. The highest BCUT2D eigenvalue weighted by atomic mass is 16.1. The van der Waals surface area contributed by atoms with E-state index in [9.17, 15) is 4.79 Å². The lowest BCUT2D eigenvalue weighted by Gasteiger charge is -2.28. The molecule has 1 aromatic rings. The summed E-state index contributed by atoms with van der Waals surface area (Å²) < 4.78 is 1.84. The molecule has 1 aromatic heterocycles. The standard InChI is InChI=1S/C9H15N5O/c10-3-1-9(15)13-8-2-4-12-14(8)7-5-11-6-7/h2,4,7,11H,1,3,5-6,10H2,(H,13,15). The number of aromatic nitrogens is 2. The van der Waals surface area contributed by atoms with Crippen molar-refractivity contribution in [2.45, 2.75) is 12.5 Å². The van der Waals surface area contributed by atoms with Crippen LogP contribution in [0.3, 0.4) is 0 Å². The van der Waals surface area contributed by atoms with E-state index in [1.807, 2.05) is 4.68 Å². The van der Waals surface area contributed by atoms with Crippen molar-refractivity contribution in [1.29, 1.82) is 0 Å². The molecule has 1 amide bonds. The third kappa shape index (κ3) is 2.16. The Balaban J connectivity index is 2.01. The van der Waals surface area contributed by atoms with Crippen LogP contribution >= 0.6 is 0 Å². The first-order chi connectivity index (χ1) is 7.31. The minimum atomic E-state index is -0.0634. The average molecular weight is 209 g/mol. The number of nitrogens with one attached hydrogen (secondary N) is 2. The molecule has 15 heavy (non-hydrogen) atoms. The number of hydrogen-bond acceptors (Lipinski definition) is 4. The number of nitrogens with two attached hydrogens (primary N) is 1. The van der Waals surface area contributed by atoms with E-state index in [1.54, 1.807) is 12.3 Å². The Labute approximate surface area is 87.8 Å². The summed E-state index contributed by atoms with van der Waals surface area (Å²) in [5, 5.41) is 10.1. The first-order valence-corrected chi connectivity index (χ1v) is 5.05. The molecule has 0 radical (unpaired) electrons. The Morgan fingerprint density at radius 2 is 2.53 bits per heavy atom. The van der Waals surface area contributed by atoms with Gasteiger partial charge >= 0.3 is 0 Å². The first-order valence-electron chi connectivity index (χ1n) is 5.05. The lowest BCUT2D eigenvalue weighted by atomic mass is 10.2. The zero-order valence-corrected chi connectivity index (χ0v) is 8.44. The Morgan fingerprint density at radius 1 is 1.73 bits per heavy atom. The molecule has 1 saturated heterocycles. The highest BCUT2D eigenvalue weighted by Gasteiger charge is 2.21. The smallest absolute Gasteiger partial charge is 0.226 e. The van der Waals surface area contributed by atoms with E-state index in [0.29, 0.717) is 19.0 Å².